The number of carbonyl (C=O) groups excluding carboxylic acids is 1. The summed E-state index contributed by atoms with van der Waals surface area (Å²) in [5, 5.41) is 9.47. The molecule has 112 valence electrons. The predicted molar refractivity (Wildman–Crippen MR) is 79.6 cm³/mol. The highest BCUT2D eigenvalue weighted by molar-refractivity contribution is 5.95. The van der Waals surface area contributed by atoms with Crippen molar-refractivity contribution < 1.29 is 14.3 Å². The van der Waals surface area contributed by atoms with Crippen molar-refractivity contribution in [1.82, 2.24) is 9.88 Å². The van der Waals surface area contributed by atoms with Gasteiger partial charge < -0.3 is 10.0 Å². The van der Waals surface area contributed by atoms with Gasteiger partial charge in [0.05, 0.1) is 0 Å². The van der Waals surface area contributed by atoms with E-state index in [0.717, 1.165) is 6.42 Å². The van der Waals surface area contributed by atoms with Gasteiger partial charge in [-0.1, -0.05) is 18.2 Å². The number of unbranched alkanes of at least 4 members (excludes halogenated alkanes) is 1. The monoisotopic (exact) mass is 290 g/mol. The fourth-order valence-electron chi connectivity index (χ4n) is 2.21. The first-order valence-corrected chi connectivity index (χ1v) is 7.12. The van der Waals surface area contributed by atoms with E-state index in [1.165, 1.54) is 6.07 Å². The highest BCUT2D eigenvalue weighted by Crippen LogP contribution is 2.16. The lowest BCUT2D eigenvalue weighted by Gasteiger charge is -2.20. The van der Waals surface area contributed by atoms with Crippen LogP contribution in [-0.2, 0) is 0 Å². The number of hydrogen-bond donors (Lipinski definition) is 1. The number of rotatable bonds is 6. The van der Waals surface area contributed by atoms with E-state index in [1.807, 2.05) is 6.92 Å². The van der Waals surface area contributed by atoms with Crippen molar-refractivity contribution in [2.24, 2.45) is 0 Å². The van der Waals surface area contributed by atoms with Crippen molar-refractivity contribution in [1.29, 1.82) is 0 Å². The van der Waals surface area contributed by atoms with E-state index in [-0.39, 0.29) is 23.7 Å². The van der Waals surface area contributed by atoms with Crippen LogP contribution in [0.15, 0.2) is 30.3 Å². The zero-order valence-electron chi connectivity index (χ0n) is 12.1. The van der Waals surface area contributed by atoms with Gasteiger partial charge in [-0.15, -0.1) is 0 Å². The number of pyridine rings is 1. The van der Waals surface area contributed by atoms with E-state index in [0.29, 0.717) is 24.9 Å². The van der Waals surface area contributed by atoms with E-state index in [2.05, 4.69) is 4.98 Å². The second-order valence-electron chi connectivity index (χ2n) is 4.82. The van der Waals surface area contributed by atoms with Gasteiger partial charge in [-0.3, -0.25) is 4.79 Å². The molecule has 21 heavy (non-hydrogen) atoms. The summed E-state index contributed by atoms with van der Waals surface area (Å²) in [4.78, 5) is 18.2. The maximum Gasteiger partial charge on any atom is 0.272 e. The molecule has 1 aromatic carbocycles. The summed E-state index contributed by atoms with van der Waals surface area (Å²) in [5.41, 5.74) is 0.466. The molecular weight excluding hydrogens is 271 g/mol. The maximum atomic E-state index is 13.7. The molecule has 1 N–H and O–H groups in total. The predicted octanol–water partition coefficient (Wildman–Crippen LogP) is 2.61. The molecular formula is C16H19FN2O2. The van der Waals surface area contributed by atoms with Gasteiger partial charge in [0.2, 0.25) is 0 Å². The van der Waals surface area contributed by atoms with E-state index in [1.54, 1.807) is 29.2 Å². The lowest BCUT2D eigenvalue weighted by atomic mass is 10.2. The van der Waals surface area contributed by atoms with E-state index >= 15 is 0 Å². The maximum absolute atomic E-state index is 13.7. The molecule has 0 saturated heterocycles. The van der Waals surface area contributed by atoms with Crippen LogP contribution in [0.2, 0.25) is 0 Å². The molecule has 0 aliphatic rings. The van der Waals surface area contributed by atoms with Gasteiger partial charge in [0, 0.05) is 25.1 Å². The molecule has 1 aromatic heterocycles. The first-order valence-electron chi connectivity index (χ1n) is 7.12. The largest absolute Gasteiger partial charge is 0.396 e. The molecule has 4 nitrogen and oxygen atoms in total. The number of aliphatic hydroxyl groups excluding tert-OH is 1. The van der Waals surface area contributed by atoms with Gasteiger partial charge in [0.25, 0.3) is 5.91 Å². The van der Waals surface area contributed by atoms with Crippen LogP contribution in [0, 0.1) is 5.82 Å². The Labute approximate surface area is 123 Å². The number of amides is 1. The minimum absolute atomic E-state index is 0.116. The molecule has 0 aliphatic carbocycles. The summed E-state index contributed by atoms with van der Waals surface area (Å²) in [6, 6.07) is 8.05. The number of benzene rings is 1. The van der Waals surface area contributed by atoms with Crippen LogP contribution in [0.25, 0.3) is 10.9 Å². The summed E-state index contributed by atoms with van der Waals surface area (Å²) >= 11 is 0. The van der Waals surface area contributed by atoms with Crippen molar-refractivity contribution in [2.75, 3.05) is 19.7 Å². The van der Waals surface area contributed by atoms with Gasteiger partial charge in [-0.2, -0.15) is 0 Å². The van der Waals surface area contributed by atoms with Crippen LogP contribution in [0.1, 0.15) is 30.3 Å². The Morgan fingerprint density at radius 2 is 2.10 bits per heavy atom. The first-order chi connectivity index (χ1) is 10.2. The number of para-hydroxylation sites is 1. The third kappa shape index (κ3) is 3.55. The van der Waals surface area contributed by atoms with Crippen LogP contribution in [0.3, 0.4) is 0 Å². The molecule has 5 heteroatoms. The Bertz CT molecular complexity index is 631. The fourth-order valence-corrected chi connectivity index (χ4v) is 2.21. The van der Waals surface area contributed by atoms with Crippen LogP contribution < -0.4 is 0 Å². The lowest BCUT2D eigenvalue weighted by molar-refractivity contribution is 0.0753. The molecule has 1 heterocycles. The van der Waals surface area contributed by atoms with Crippen LogP contribution >= 0.6 is 0 Å². The zero-order chi connectivity index (χ0) is 15.2. The summed E-state index contributed by atoms with van der Waals surface area (Å²) in [7, 11) is 0. The number of hydrogen-bond acceptors (Lipinski definition) is 3. The average Bonchev–Trinajstić information content (AvgIpc) is 2.51. The summed E-state index contributed by atoms with van der Waals surface area (Å²) < 4.78 is 13.7. The molecule has 2 aromatic rings. The van der Waals surface area contributed by atoms with E-state index < -0.39 is 5.82 Å². The second-order valence-corrected chi connectivity index (χ2v) is 4.82. The van der Waals surface area contributed by atoms with Crippen LogP contribution in [-0.4, -0.2) is 40.6 Å². The molecule has 2 rings (SSSR count). The minimum Gasteiger partial charge on any atom is -0.396 e. The Kier molecular flexibility index (Phi) is 5.22. The van der Waals surface area contributed by atoms with Gasteiger partial charge in [0.1, 0.15) is 17.0 Å². The fraction of sp³-hybridized carbons (Fsp3) is 0.375. The molecule has 0 unspecified atom stereocenters. The van der Waals surface area contributed by atoms with Gasteiger partial charge in [-0.25, -0.2) is 9.37 Å². The highest BCUT2D eigenvalue weighted by atomic mass is 19.1. The van der Waals surface area contributed by atoms with Crippen molar-refractivity contribution in [2.45, 2.75) is 19.8 Å². The average molecular weight is 290 g/mol. The summed E-state index contributed by atoms with van der Waals surface area (Å²) in [6.45, 7) is 3.12. The van der Waals surface area contributed by atoms with Crippen LogP contribution in [0.4, 0.5) is 4.39 Å². The van der Waals surface area contributed by atoms with Gasteiger partial charge in [0.15, 0.2) is 0 Å². The van der Waals surface area contributed by atoms with Crippen molar-refractivity contribution in [3.63, 3.8) is 0 Å². The number of aromatic nitrogens is 1. The highest BCUT2D eigenvalue weighted by Gasteiger charge is 2.16. The number of halogens is 1. The molecule has 0 saturated carbocycles. The Morgan fingerprint density at radius 3 is 2.81 bits per heavy atom. The molecule has 0 fully saturated rings. The molecule has 1 amide bonds. The SMILES string of the molecule is CCN(CCCCO)C(=O)c1ccc2cccc(F)c2n1. The number of fused-ring (bicyclic) bond motifs is 1. The second kappa shape index (κ2) is 7.13. The Balaban J connectivity index is 2.23. The third-order valence-electron chi connectivity index (χ3n) is 3.40. The third-order valence-corrected chi connectivity index (χ3v) is 3.40. The van der Waals surface area contributed by atoms with Gasteiger partial charge in [-0.05, 0) is 31.9 Å². The normalized spacial score (nSPS) is 10.8. The standard InChI is InChI=1S/C16H19FN2O2/c1-2-19(10-3-4-11-20)16(21)14-9-8-12-6-5-7-13(17)15(12)18-14/h5-9,20H,2-4,10-11H2,1H3. The zero-order valence-corrected chi connectivity index (χ0v) is 12.1. The van der Waals surface area contributed by atoms with Crippen molar-refractivity contribution >= 4 is 16.8 Å². The molecule has 0 spiro atoms. The Hall–Kier alpha value is -2.01. The minimum atomic E-state index is -0.425. The number of aliphatic hydroxyl groups is 1. The quantitative estimate of drug-likeness (QED) is 0.832. The molecule has 0 aliphatic heterocycles. The summed E-state index contributed by atoms with van der Waals surface area (Å²) in [6.07, 6.45) is 1.39. The molecule has 0 bridgehead atoms. The van der Waals surface area contributed by atoms with Gasteiger partial charge >= 0.3 is 0 Å². The first kappa shape index (κ1) is 15.4. The lowest BCUT2D eigenvalue weighted by Crippen LogP contribution is -2.32. The smallest absolute Gasteiger partial charge is 0.272 e. The Morgan fingerprint density at radius 1 is 1.29 bits per heavy atom. The van der Waals surface area contributed by atoms with Crippen molar-refractivity contribution in [3.8, 4) is 0 Å². The molecule has 0 radical (unpaired) electrons. The van der Waals surface area contributed by atoms with Crippen molar-refractivity contribution in [3.05, 3.63) is 41.8 Å². The topological polar surface area (TPSA) is 53.4 Å². The van der Waals surface area contributed by atoms with E-state index in [9.17, 15) is 9.18 Å². The number of carbonyl (C=O) groups is 1. The number of nitrogens with zero attached hydrogens (tertiary/aromatic N) is 2. The van der Waals surface area contributed by atoms with E-state index in [4.69, 9.17) is 5.11 Å². The molecule has 0 atom stereocenters. The summed E-state index contributed by atoms with van der Waals surface area (Å²) in [5.74, 6) is -0.633. The van der Waals surface area contributed by atoms with Crippen LogP contribution in [0.5, 0.6) is 0 Å².